The van der Waals surface area contributed by atoms with Gasteiger partial charge >= 0.3 is 0 Å². The molecule has 102 valence electrons. The zero-order valence-corrected chi connectivity index (χ0v) is 11.5. The van der Waals surface area contributed by atoms with E-state index in [0.717, 1.165) is 26.2 Å². The van der Waals surface area contributed by atoms with Crippen molar-refractivity contribution in [3.63, 3.8) is 0 Å². The SMILES string of the molecule is CCCNC(CCCOC)CC1CCCCO1. The van der Waals surface area contributed by atoms with E-state index in [1.54, 1.807) is 7.11 Å². The highest BCUT2D eigenvalue weighted by Gasteiger charge is 2.18. The van der Waals surface area contributed by atoms with Crippen molar-refractivity contribution in [2.45, 2.75) is 64.0 Å². The summed E-state index contributed by atoms with van der Waals surface area (Å²) in [5, 5.41) is 3.64. The standard InChI is InChI=1S/C14H29NO2/c1-3-9-15-13(7-6-10-16-2)12-14-8-4-5-11-17-14/h13-15H,3-12H2,1-2H3. The average molecular weight is 243 g/mol. The fourth-order valence-corrected chi connectivity index (χ4v) is 2.44. The van der Waals surface area contributed by atoms with Crippen molar-refractivity contribution < 1.29 is 9.47 Å². The molecule has 3 nitrogen and oxygen atoms in total. The van der Waals surface area contributed by atoms with Gasteiger partial charge in [0.05, 0.1) is 6.10 Å². The lowest BCUT2D eigenvalue weighted by molar-refractivity contribution is 0.00424. The van der Waals surface area contributed by atoms with Crippen LogP contribution in [-0.2, 0) is 9.47 Å². The van der Waals surface area contributed by atoms with Gasteiger partial charge in [-0.3, -0.25) is 0 Å². The quantitative estimate of drug-likeness (QED) is 0.632. The molecule has 0 aromatic rings. The minimum Gasteiger partial charge on any atom is -0.385 e. The maximum absolute atomic E-state index is 5.82. The Morgan fingerprint density at radius 2 is 2.29 bits per heavy atom. The molecule has 1 rings (SSSR count). The molecule has 0 saturated carbocycles. The second-order valence-corrected chi connectivity index (χ2v) is 5.01. The van der Waals surface area contributed by atoms with Gasteiger partial charge in [0.1, 0.15) is 0 Å². The molecule has 3 heteroatoms. The monoisotopic (exact) mass is 243 g/mol. The van der Waals surface area contributed by atoms with Gasteiger partial charge in [0, 0.05) is 26.4 Å². The number of methoxy groups -OCH3 is 1. The molecule has 2 atom stereocenters. The Bertz CT molecular complexity index is 170. The lowest BCUT2D eigenvalue weighted by atomic mass is 9.99. The van der Waals surface area contributed by atoms with E-state index in [2.05, 4.69) is 12.2 Å². The van der Waals surface area contributed by atoms with Gasteiger partial charge < -0.3 is 14.8 Å². The Morgan fingerprint density at radius 1 is 1.41 bits per heavy atom. The van der Waals surface area contributed by atoms with Gasteiger partial charge in [-0.25, -0.2) is 0 Å². The van der Waals surface area contributed by atoms with Crippen molar-refractivity contribution in [3.8, 4) is 0 Å². The van der Waals surface area contributed by atoms with Crippen molar-refractivity contribution in [3.05, 3.63) is 0 Å². The zero-order valence-electron chi connectivity index (χ0n) is 11.5. The van der Waals surface area contributed by atoms with Crippen molar-refractivity contribution in [2.24, 2.45) is 0 Å². The van der Waals surface area contributed by atoms with Crippen LogP contribution >= 0.6 is 0 Å². The van der Waals surface area contributed by atoms with Crippen LogP contribution in [0.15, 0.2) is 0 Å². The van der Waals surface area contributed by atoms with Crippen LogP contribution in [0, 0.1) is 0 Å². The third-order valence-electron chi connectivity index (χ3n) is 3.41. The Labute approximate surface area is 106 Å². The Balaban J connectivity index is 2.22. The maximum atomic E-state index is 5.82. The smallest absolute Gasteiger partial charge is 0.0590 e. The van der Waals surface area contributed by atoms with Crippen LogP contribution in [0.3, 0.4) is 0 Å². The highest BCUT2D eigenvalue weighted by molar-refractivity contribution is 4.74. The molecule has 2 unspecified atom stereocenters. The van der Waals surface area contributed by atoms with Gasteiger partial charge in [0.25, 0.3) is 0 Å². The summed E-state index contributed by atoms with van der Waals surface area (Å²) in [7, 11) is 1.78. The van der Waals surface area contributed by atoms with E-state index >= 15 is 0 Å². The van der Waals surface area contributed by atoms with Crippen LogP contribution in [0.2, 0.25) is 0 Å². The van der Waals surface area contributed by atoms with Crippen molar-refractivity contribution in [1.82, 2.24) is 5.32 Å². The molecule has 0 aromatic heterocycles. The van der Waals surface area contributed by atoms with Gasteiger partial charge in [-0.2, -0.15) is 0 Å². The number of hydrogen-bond donors (Lipinski definition) is 1. The molecule has 0 spiro atoms. The second-order valence-electron chi connectivity index (χ2n) is 5.01. The van der Waals surface area contributed by atoms with Crippen molar-refractivity contribution in [2.75, 3.05) is 26.9 Å². The minimum absolute atomic E-state index is 0.487. The third kappa shape index (κ3) is 7.02. The second kappa shape index (κ2) is 9.86. The molecule has 1 aliphatic rings. The summed E-state index contributed by atoms with van der Waals surface area (Å²) in [5.74, 6) is 0. The molecule has 1 N–H and O–H groups in total. The Kier molecular flexibility index (Phi) is 8.67. The van der Waals surface area contributed by atoms with Crippen molar-refractivity contribution >= 4 is 0 Å². The predicted octanol–water partition coefficient (Wildman–Crippen LogP) is 2.74. The summed E-state index contributed by atoms with van der Waals surface area (Å²) in [4.78, 5) is 0. The van der Waals surface area contributed by atoms with Gasteiger partial charge in [0.15, 0.2) is 0 Å². The number of ether oxygens (including phenoxy) is 2. The highest BCUT2D eigenvalue weighted by Crippen LogP contribution is 2.18. The van der Waals surface area contributed by atoms with E-state index in [0.29, 0.717) is 12.1 Å². The molecular weight excluding hydrogens is 214 g/mol. The van der Waals surface area contributed by atoms with E-state index in [1.165, 1.54) is 38.5 Å². The zero-order chi connectivity index (χ0) is 12.3. The summed E-state index contributed by atoms with van der Waals surface area (Å²) in [6, 6.07) is 0.605. The third-order valence-corrected chi connectivity index (χ3v) is 3.41. The van der Waals surface area contributed by atoms with Crippen LogP contribution in [0.25, 0.3) is 0 Å². The van der Waals surface area contributed by atoms with Crippen LogP contribution in [0.1, 0.15) is 51.9 Å². The van der Waals surface area contributed by atoms with Crippen LogP contribution in [-0.4, -0.2) is 39.0 Å². The van der Waals surface area contributed by atoms with Crippen molar-refractivity contribution in [1.29, 1.82) is 0 Å². The maximum Gasteiger partial charge on any atom is 0.0590 e. The first kappa shape index (κ1) is 14.9. The van der Waals surface area contributed by atoms with Crippen LogP contribution in [0.4, 0.5) is 0 Å². The number of nitrogens with one attached hydrogen (secondary N) is 1. The summed E-state index contributed by atoms with van der Waals surface area (Å²) < 4.78 is 11.0. The first-order chi connectivity index (χ1) is 8.36. The molecule has 0 aromatic carbocycles. The first-order valence-corrected chi connectivity index (χ1v) is 7.20. The summed E-state index contributed by atoms with van der Waals surface area (Å²) in [5.41, 5.74) is 0. The summed E-state index contributed by atoms with van der Waals surface area (Å²) in [6.07, 6.45) is 9.03. The highest BCUT2D eigenvalue weighted by atomic mass is 16.5. The largest absolute Gasteiger partial charge is 0.385 e. The van der Waals surface area contributed by atoms with E-state index in [1.807, 2.05) is 0 Å². The summed E-state index contributed by atoms with van der Waals surface area (Å²) >= 11 is 0. The van der Waals surface area contributed by atoms with Gasteiger partial charge in [-0.05, 0) is 51.5 Å². The van der Waals surface area contributed by atoms with E-state index < -0.39 is 0 Å². The molecule has 0 aliphatic carbocycles. The van der Waals surface area contributed by atoms with E-state index in [9.17, 15) is 0 Å². The molecular formula is C14H29NO2. The number of hydrogen-bond acceptors (Lipinski definition) is 3. The fraction of sp³-hybridized carbons (Fsp3) is 1.00. The fourth-order valence-electron chi connectivity index (χ4n) is 2.44. The molecule has 1 aliphatic heterocycles. The minimum atomic E-state index is 0.487. The molecule has 17 heavy (non-hydrogen) atoms. The lowest BCUT2D eigenvalue weighted by Gasteiger charge is -2.27. The Hall–Kier alpha value is -0.120. The van der Waals surface area contributed by atoms with Gasteiger partial charge in [-0.1, -0.05) is 6.92 Å². The molecule has 0 radical (unpaired) electrons. The van der Waals surface area contributed by atoms with E-state index in [4.69, 9.17) is 9.47 Å². The molecule has 1 fully saturated rings. The molecule has 0 amide bonds. The predicted molar refractivity (Wildman–Crippen MR) is 71.4 cm³/mol. The Morgan fingerprint density at radius 3 is 2.94 bits per heavy atom. The molecule has 0 bridgehead atoms. The molecule has 1 heterocycles. The van der Waals surface area contributed by atoms with E-state index in [-0.39, 0.29) is 0 Å². The van der Waals surface area contributed by atoms with Crippen LogP contribution < -0.4 is 5.32 Å². The normalized spacial score (nSPS) is 22.6. The van der Waals surface area contributed by atoms with Gasteiger partial charge in [-0.15, -0.1) is 0 Å². The van der Waals surface area contributed by atoms with Crippen LogP contribution in [0.5, 0.6) is 0 Å². The molecule has 1 saturated heterocycles. The average Bonchev–Trinajstić information content (AvgIpc) is 2.37. The number of rotatable bonds is 9. The topological polar surface area (TPSA) is 30.5 Å². The van der Waals surface area contributed by atoms with Gasteiger partial charge in [0.2, 0.25) is 0 Å². The first-order valence-electron chi connectivity index (χ1n) is 7.20. The lowest BCUT2D eigenvalue weighted by Crippen LogP contribution is -2.35. The summed E-state index contributed by atoms with van der Waals surface area (Å²) in [6.45, 7) is 5.17.